The number of fused-ring (bicyclic) bond motifs is 1. The highest BCUT2D eigenvalue weighted by atomic mass is 15.2. The second-order valence-corrected chi connectivity index (χ2v) is 7.44. The van der Waals surface area contributed by atoms with Crippen molar-refractivity contribution in [3.8, 4) is 0 Å². The number of nitrogens with zero attached hydrogens (tertiary/aromatic N) is 2. The second kappa shape index (κ2) is 8.50. The molecule has 0 aromatic heterocycles. The standard InChI is InChI=1S/C18H37N3/c1-5-10-19-17(15(3)6-2)14-21-12-9-18-16(13-21)8-7-11-20(18)4/h15-19H,5-14H2,1-4H3. The van der Waals surface area contributed by atoms with Gasteiger partial charge in [-0.2, -0.15) is 0 Å². The molecule has 0 bridgehead atoms. The van der Waals surface area contributed by atoms with E-state index in [2.05, 4.69) is 42.9 Å². The normalized spacial score (nSPS) is 30.9. The Hall–Kier alpha value is -0.120. The molecule has 2 aliphatic heterocycles. The topological polar surface area (TPSA) is 18.5 Å². The van der Waals surface area contributed by atoms with Crippen LogP contribution < -0.4 is 5.32 Å². The summed E-state index contributed by atoms with van der Waals surface area (Å²) >= 11 is 0. The van der Waals surface area contributed by atoms with E-state index in [9.17, 15) is 0 Å². The maximum absolute atomic E-state index is 3.80. The Balaban J connectivity index is 1.86. The summed E-state index contributed by atoms with van der Waals surface area (Å²) in [6, 6.07) is 1.54. The third-order valence-electron chi connectivity index (χ3n) is 5.87. The van der Waals surface area contributed by atoms with E-state index in [-0.39, 0.29) is 0 Å². The van der Waals surface area contributed by atoms with Crippen molar-refractivity contribution in [1.29, 1.82) is 0 Å². The van der Waals surface area contributed by atoms with E-state index in [0.29, 0.717) is 6.04 Å². The molecule has 2 heterocycles. The second-order valence-electron chi connectivity index (χ2n) is 7.44. The summed E-state index contributed by atoms with van der Waals surface area (Å²) in [4.78, 5) is 5.37. The van der Waals surface area contributed by atoms with Crippen LogP contribution in [0.1, 0.15) is 52.9 Å². The van der Waals surface area contributed by atoms with E-state index in [1.165, 1.54) is 58.3 Å². The zero-order chi connectivity index (χ0) is 15.2. The van der Waals surface area contributed by atoms with Gasteiger partial charge in [0.05, 0.1) is 0 Å². The van der Waals surface area contributed by atoms with Crippen LogP contribution in [0.15, 0.2) is 0 Å². The van der Waals surface area contributed by atoms with Gasteiger partial charge in [-0.3, -0.25) is 0 Å². The van der Waals surface area contributed by atoms with Gasteiger partial charge in [-0.15, -0.1) is 0 Å². The fourth-order valence-corrected chi connectivity index (χ4v) is 4.23. The fraction of sp³-hybridized carbons (Fsp3) is 1.00. The van der Waals surface area contributed by atoms with Crippen LogP contribution in [0.5, 0.6) is 0 Å². The van der Waals surface area contributed by atoms with Crippen LogP contribution in [0.3, 0.4) is 0 Å². The highest BCUT2D eigenvalue weighted by Crippen LogP contribution is 2.29. The predicted octanol–water partition coefficient (Wildman–Crippen LogP) is 2.82. The van der Waals surface area contributed by atoms with Gasteiger partial charge in [0.15, 0.2) is 0 Å². The maximum Gasteiger partial charge on any atom is 0.0220 e. The van der Waals surface area contributed by atoms with Crippen molar-refractivity contribution in [2.75, 3.05) is 39.8 Å². The highest BCUT2D eigenvalue weighted by molar-refractivity contribution is 4.90. The molecule has 0 amide bonds. The van der Waals surface area contributed by atoms with Gasteiger partial charge in [-0.05, 0) is 64.2 Å². The molecule has 2 saturated heterocycles. The van der Waals surface area contributed by atoms with Crippen molar-refractivity contribution in [2.24, 2.45) is 11.8 Å². The van der Waals surface area contributed by atoms with Gasteiger partial charge < -0.3 is 15.1 Å². The van der Waals surface area contributed by atoms with Gasteiger partial charge in [0.1, 0.15) is 0 Å². The van der Waals surface area contributed by atoms with Crippen molar-refractivity contribution < 1.29 is 0 Å². The minimum Gasteiger partial charge on any atom is -0.312 e. The Bertz CT molecular complexity index is 294. The zero-order valence-electron chi connectivity index (χ0n) is 14.8. The average Bonchev–Trinajstić information content (AvgIpc) is 2.50. The van der Waals surface area contributed by atoms with Crippen molar-refractivity contribution >= 4 is 0 Å². The molecule has 0 saturated carbocycles. The Kier molecular flexibility index (Phi) is 6.97. The van der Waals surface area contributed by atoms with Crippen LogP contribution in [-0.2, 0) is 0 Å². The van der Waals surface area contributed by atoms with Crippen molar-refractivity contribution in [3.63, 3.8) is 0 Å². The molecule has 0 radical (unpaired) electrons. The summed E-state index contributed by atoms with van der Waals surface area (Å²) < 4.78 is 0. The van der Waals surface area contributed by atoms with Gasteiger partial charge in [0.25, 0.3) is 0 Å². The number of hydrogen-bond donors (Lipinski definition) is 1. The SMILES string of the molecule is CCCNC(CN1CCC2C(CCCN2C)C1)C(C)CC. The minimum atomic E-state index is 0.674. The molecule has 3 heteroatoms. The van der Waals surface area contributed by atoms with E-state index < -0.39 is 0 Å². The van der Waals surface area contributed by atoms with Crippen molar-refractivity contribution in [2.45, 2.75) is 65.0 Å². The smallest absolute Gasteiger partial charge is 0.0220 e. The zero-order valence-corrected chi connectivity index (χ0v) is 14.8. The van der Waals surface area contributed by atoms with Gasteiger partial charge in [-0.1, -0.05) is 27.2 Å². The fourth-order valence-electron chi connectivity index (χ4n) is 4.23. The van der Waals surface area contributed by atoms with E-state index in [0.717, 1.165) is 24.4 Å². The van der Waals surface area contributed by atoms with Crippen LogP contribution in [0.2, 0.25) is 0 Å². The summed E-state index contributed by atoms with van der Waals surface area (Å²) in [5.74, 6) is 1.70. The van der Waals surface area contributed by atoms with Crippen LogP contribution in [0, 0.1) is 11.8 Å². The molecule has 4 unspecified atom stereocenters. The summed E-state index contributed by atoms with van der Waals surface area (Å²) in [6.07, 6.45) is 6.74. The first-order valence-corrected chi connectivity index (χ1v) is 9.31. The molecule has 1 N–H and O–H groups in total. The minimum absolute atomic E-state index is 0.674. The highest BCUT2D eigenvalue weighted by Gasteiger charge is 2.34. The lowest BCUT2D eigenvalue weighted by molar-refractivity contribution is 0.0322. The summed E-state index contributed by atoms with van der Waals surface area (Å²) in [6.45, 7) is 13.4. The van der Waals surface area contributed by atoms with Crippen molar-refractivity contribution in [3.05, 3.63) is 0 Å². The number of rotatable bonds is 7. The third kappa shape index (κ3) is 4.67. The molecule has 2 rings (SSSR count). The molecule has 2 fully saturated rings. The van der Waals surface area contributed by atoms with Crippen molar-refractivity contribution in [1.82, 2.24) is 15.1 Å². The molecular weight excluding hydrogens is 258 g/mol. The molecule has 0 aromatic rings. The van der Waals surface area contributed by atoms with Crippen LogP contribution in [0.4, 0.5) is 0 Å². The molecular formula is C18H37N3. The first-order valence-electron chi connectivity index (χ1n) is 9.31. The van der Waals surface area contributed by atoms with Gasteiger partial charge >= 0.3 is 0 Å². The summed E-state index contributed by atoms with van der Waals surface area (Å²) in [5, 5.41) is 3.80. The number of likely N-dealkylation sites (tertiary alicyclic amines) is 2. The van der Waals surface area contributed by atoms with Crippen LogP contribution in [0.25, 0.3) is 0 Å². The number of nitrogens with one attached hydrogen (secondary N) is 1. The molecule has 3 nitrogen and oxygen atoms in total. The molecule has 0 spiro atoms. The summed E-state index contributed by atoms with van der Waals surface area (Å²) in [7, 11) is 2.33. The van der Waals surface area contributed by atoms with Gasteiger partial charge in [0, 0.05) is 25.2 Å². The summed E-state index contributed by atoms with van der Waals surface area (Å²) in [5.41, 5.74) is 0. The molecule has 124 valence electrons. The monoisotopic (exact) mass is 295 g/mol. The van der Waals surface area contributed by atoms with Gasteiger partial charge in [0.2, 0.25) is 0 Å². The lowest BCUT2D eigenvalue weighted by atomic mass is 9.84. The molecule has 2 aliphatic rings. The molecule has 21 heavy (non-hydrogen) atoms. The lowest BCUT2D eigenvalue weighted by Gasteiger charge is -2.47. The third-order valence-corrected chi connectivity index (χ3v) is 5.87. The number of hydrogen-bond acceptors (Lipinski definition) is 3. The van der Waals surface area contributed by atoms with Gasteiger partial charge in [-0.25, -0.2) is 0 Å². The average molecular weight is 296 g/mol. The van der Waals surface area contributed by atoms with Crippen LogP contribution >= 0.6 is 0 Å². The van der Waals surface area contributed by atoms with Crippen LogP contribution in [-0.4, -0.2) is 61.7 Å². The number of piperidine rings is 2. The Labute approximate surface area is 132 Å². The largest absolute Gasteiger partial charge is 0.312 e. The van der Waals surface area contributed by atoms with E-state index in [1.54, 1.807) is 0 Å². The quantitative estimate of drug-likeness (QED) is 0.779. The van der Waals surface area contributed by atoms with E-state index in [4.69, 9.17) is 0 Å². The molecule has 0 aromatic carbocycles. The first kappa shape index (κ1) is 17.2. The predicted molar refractivity (Wildman–Crippen MR) is 91.7 cm³/mol. The Morgan fingerprint density at radius 1 is 1.19 bits per heavy atom. The first-order chi connectivity index (χ1) is 10.2. The Morgan fingerprint density at radius 2 is 2.00 bits per heavy atom. The maximum atomic E-state index is 3.80. The lowest BCUT2D eigenvalue weighted by Crippen LogP contribution is -2.55. The van der Waals surface area contributed by atoms with E-state index >= 15 is 0 Å². The van der Waals surface area contributed by atoms with E-state index in [1.807, 2.05) is 0 Å². The molecule has 0 aliphatic carbocycles. The Morgan fingerprint density at radius 3 is 2.71 bits per heavy atom. The molecule has 4 atom stereocenters.